The van der Waals surface area contributed by atoms with E-state index >= 15 is 0 Å². The summed E-state index contributed by atoms with van der Waals surface area (Å²) in [5.74, 6) is 4.03. The number of hydrogen-bond donors (Lipinski definition) is 1. The molecule has 2 heterocycles. The van der Waals surface area contributed by atoms with E-state index in [2.05, 4.69) is 5.32 Å². The lowest BCUT2D eigenvalue weighted by molar-refractivity contribution is 0.341. The van der Waals surface area contributed by atoms with E-state index in [0.29, 0.717) is 5.22 Å². The van der Waals surface area contributed by atoms with Crippen molar-refractivity contribution in [2.75, 3.05) is 18.8 Å². The van der Waals surface area contributed by atoms with Gasteiger partial charge in [-0.3, -0.25) is 0 Å². The lowest BCUT2D eigenvalue weighted by Gasteiger charge is -2.26. The van der Waals surface area contributed by atoms with Crippen LogP contribution in [0.5, 0.6) is 0 Å². The maximum absolute atomic E-state index is 5.67. The second-order valence-electron chi connectivity index (χ2n) is 3.57. The Kier molecular flexibility index (Phi) is 3.79. The van der Waals surface area contributed by atoms with Gasteiger partial charge in [-0.1, -0.05) is 0 Å². The Morgan fingerprint density at radius 1 is 1.50 bits per heavy atom. The summed E-state index contributed by atoms with van der Waals surface area (Å²) in [6.45, 7) is 2.40. The fourth-order valence-electron chi connectivity index (χ4n) is 1.40. The zero-order valence-corrected chi connectivity index (χ0v) is 9.53. The third-order valence-electron chi connectivity index (χ3n) is 2.41. The Morgan fingerprint density at radius 3 is 2.93 bits per heavy atom. The Balaban J connectivity index is 1.58. The van der Waals surface area contributed by atoms with Crippen LogP contribution in [0.15, 0.2) is 16.5 Å². The van der Waals surface area contributed by atoms with Crippen LogP contribution in [-0.4, -0.2) is 18.8 Å². The number of rotatable bonds is 5. The minimum absolute atomic E-state index is 0.490. The highest BCUT2D eigenvalue weighted by atomic mass is 35.5. The predicted molar refractivity (Wildman–Crippen MR) is 60.9 cm³/mol. The van der Waals surface area contributed by atoms with Crippen LogP contribution in [-0.2, 0) is 5.75 Å². The molecule has 0 radical (unpaired) electrons. The highest BCUT2D eigenvalue weighted by Crippen LogP contribution is 2.20. The standard InChI is InChI=1S/C10H14ClNOS/c11-10-2-1-9(13-10)7-14-4-3-8-5-12-6-8/h1-2,8,12H,3-7H2. The number of nitrogens with one attached hydrogen (secondary N) is 1. The minimum atomic E-state index is 0.490. The fraction of sp³-hybridized carbons (Fsp3) is 0.600. The van der Waals surface area contributed by atoms with Crippen LogP contribution in [0.25, 0.3) is 0 Å². The number of thioether (sulfide) groups is 1. The third kappa shape index (κ3) is 2.94. The fourth-order valence-corrected chi connectivity index (χ4v) is 2.57. The second kappa shape index (κ2) is 5.10. The van der Waals surface area contributed by atoms with Gasteiger partial charge in [-0.05, 0) is 54.9 Å². The molecule has 14 heavy (non-hydrogen) atoms. The molecule has 0 unspecified atom stereocenters. The molecule has 1 aliphatic rings. The molecule has 0 saturated carbocycles. The molecule has 0 atom stereocenters. The first-order valence-electron chi connectivity index (χ1n) is 4.87. The number of hydrogen-bond acceptors (Lipinski definition) is 3. The summed E-state index contributed by atoms with van der Waals surface area (Å²) in [6.07, 6.45) is 1.31. The van der Waals surface area contributed by atoms with Crippen LogP contribution in [0.3, 0.4) is 0 Å². The molecule has 1 aromatic heterocycles. The molecule has 2 rings (SSSR count). The van der Waals surface area contributed by atoms with Crippen molar-refractivity contribution in [3.05, 3.63) is 23.1 Å². The SMILES string of the molecule is Clc1ccc(CSCCC2CNC2)o1. The maximum Gasteiger partial charge on any atom is 0.193 e. The largest absolute Gasteiger partial charge is 0.449 e. The summed E-state index contributed by atoms with van der Waals surface area (Å²) < 4.78 is 5.26. The topological polar surface area (TPSA) is 25.2 Å². The van der Waals surface area contributed by atoms with Crippen LogP contribution in [0.4, 0.5) is 0 Å². The molecule has 0 spiro atoms. The summed E-state index contributed by atoms with van der Waals surface area (Å²) in [5, 5.41) is 3.77. The average molecular weight is 232 g/mol. The van der Waals surface area contributed by atoms with Gasteiger partial charge < -0.3 is 9.73 Å². The molecule has 1 aromatic rings. The molecule has 4 heteroatoms. The summed E-state index contributed by atoms with van der Waals surface area (Å²) in [4.78, 5) is 0. The zero-order valence-electron chi connectivity index (χ0n) is 7.96. The maximum atomic E-state index is 5.67. The van der Waals surface area contributed by atoms with E-state index in [0.717, 1.165) is 17.4 Å². The Morgan fingerprint density at radius 2 is 2.36 bits per heavy atom. The van der Waals surface area contributed by atoms with E-state index in [4.69, 9.17) is 16.0 Å². The van der Waals surface area contributed by atoms with Crippen molar-refractivity contribution in [2.45, 2.75) is 12.2 Å². The van der Waals surface area contributed by atoms with E-state index in [1.807, 2.05) is 17.8 Å². The first kappa shape index (κ1) is 10.4. The van der Waals surface area contributed by atoms with Gasteiger partial charge in [0.1, 0.15) is 5.76 Å². The molecule has 1 saturated heterocycles. The van der Waals surface area contributed by atoms with E-state index < -0.39 is 0 Å². The summed E-state index contributed by atoms with van der Waals surface area (Å²) in [5.41, 5.74) is 0. The van der Waals surface area contributed by atoms with E-state index in [1.54, 1.807) is 6.07 Å². The summed E-state index contributed by atoms with van der Waals surface area (Å²) in [7, 11) is 0. The van der Waals surface area contributed by atoms with Gasteiger partial charge in [-0.15, -0.1) is 0 Å². The Bertz CT molecular complexity index is 285. The second-order valence-corrected chi connectivity index (χ2v) is 5.05. The van der Waals surface area contributed by atoms with Gasteiger partial charge in [0.25, 0.3) is 0 Å². The van der Waals surface area contributed by atoms with Gasteiger partial charge in [0.15, 0.2) is 5.22 Å². The number of halogens is 1. The monoisotopic (exact) mass is 231 g/mol. The van der Waals surface area contributed by atoms with Gasteiger partial charge in [0.2, 0.25) is 0 Å². The third-order valence-corrected chi connectivity index (χ3v) is 3.63. The molecule has 1 N–H and O–H groups in total. The average Bonchev–Trinajstić information content (AvgIpc) is 2.48. The van der Waals surface area contributed by atoms with Crippen molar-refractivity contribution in [1.82, 2.24) is 5.32 Å². The normalized spacial score (nSPS) is 16.9. The first-order chi connectivity index (χ1) is 6.84. The summed E-state index contributed by atoms with van der Waals surface area (Å²) in [6, 6.07) is 3.74. The van der Waals surface area contributed by atoms with Crippen molar-refractivity contribution in [3.63, 3.8) is 0 Å². The van der Waals surface area contributed by atoms with Gasteiger partial charge in [0.05, 0.1) is 5.75 Å². The predicted octanol–water partition coefficient (Wildman–Crippen LogP) is 2.78. The van der Waals surface area contributed by atoms with Crippen LogP contribution < -0.4 is 5.32 Å². The van der Waals surface area contributed by atoms with Crippen LogP contribution in [0, 0.1) is 5.92 Å². The molecule has 1 fully saturated rings. The van der Waals surface area contributed by atoms with Crippen molar-refractivity contribution >= 4 is 23.4 Å². The van der Waals surface area contributed by atoms with Crippen molar-refractivity contribution < 1.29 is 4.42 Å². The van der Waals surface area contributed by atoms with Crippen molar-refractivity contribution in [1.29, 1.82) is 0 Å². The summed E-state index contributed by atoms with van der Waals surface area (Å²) >= 11 is 7.59. The molecular formula is C10H14ClNOS. The minimum Gasteiger partial charge on any atom is -0.449 e. The Hall–Kier alpha value is -0.120. The lowest BCUT2D eigenvalue weighted by Crippen LogP contribution is -2.42. The molecule has 2 nitrogen and oxygen atoms in total. The first-order valence-corrected chi connectivity index (χ1v) is 6.40. The van der Waals surface area contributed by atoms with E-state index in [9.17, 15) is 0 Å². The number of furan rings is 1. The smallest absolute Gasteiger partial charge is 0.193 e. The van der Waals surface area contributed by atoms with E-state index in [1.165, 1.54) is 25.3 Å². The lowest BCUT2D eigenvalue weighted by atomic mass is 10.0. The zero-order chi connectivity index (χ0) is 9.80. The molecule has 1 aliphatic heterocycles. The Labute approximate surface area is 93.4 Å². The molecule has 78 valence electrons. The van der Waals surface area contributed by atoms with Gasteiger partial charge in [-0.2, -0.15) is 11.8 Å². The van der Waals surface area contributed by atoms with Crippen LogP contribution in [0.2, 0.25) is 5.22 Å². The van der Waals surface area contributed by atoms with Gasteiger partial charge in [0, 0.05) is 0 Å². The highest BCUT2D eigenvalue weighted by molar-refractivity contribution is 7.98. The molecule has 0 aliphatic carbocycles. The van der Waals surface area contributed by atoms with Crippen LogP contribution in [0.1, 0.15) is 12.2 Å². The molecule has 0 aromatic carbocycles. The van der Waals surface area contributed by atoms with Crippen molar-refractivity contribution in [3.8, 4) is 0 Å². The molecular weight excluding hydrogens is 218 g/mol. The molecule has 0 bridgehead atoms. The van der Waals surface area contributed by atoms with Crippen LogP contribution >= 0.6 is 23.4 Å². The van der Waals surface area contributed by atoms with Gasteiger partial charge >= 0.3 is 0 Å². The van der Waals surface area contributed by atoms with Crippen molar-refractivity contribution in [2.24, 2.45) is 5.92 Å². The van der Waals surface area contributed by atoms with E-state index in [-0.39, 0.29) is 0 Å². The molecule has 0 amide bonds. The van der Waals surface area contributed by atoms with Gasteiger partial charge in [-0.25, -0.2) is 0 Å². The quantitative estimate of drug-likeness (QED) is 0.789. The highest BCUT2D eigenvalue weighted by Gasteiger charge is 2.15.